The van der Waals surface area contributed by atoms with Crippen LogP contribution in [0.2, 0.25) is 0 Å². The Morgan fingerprint density at radius 2 is 1.73 bits per heavy atom. The number of carbonyl (C=O) groups excluding carboxylic acids is 2. The first-order valence-corrected chi connectivity index (χ1v) is 7.54. The van der Waals surface area contributed by atoms with Gasteiger partial charge in [-0.3, -0.25) is 0 Å². The van der Waals surface area contributed by atoms with Crippen molar-refractivity contribution < 1.29 is 19.1 Å². The monoisotopic (exact) mass is 362 g/mol. The molecule has 0 heterocycles. The Balaban J connectivity index is 2.23. The highest BCUT2D eigenvalue weighted by atomic mass is 79.9. The molecule has 2 aromatic rings. The van der Waals surface area contributed by atoms with E-state index >= 15 is 0 Å². The van der Waals surface area contributed by atoms with Crippen molar-refractivity contribution in [3.63, 3.8) is 0 Å². The summed E-state index contributed by atoms with van der Waals surface area (Å²) in [7, 11) is 0. The summed E-state index contributed by atoms with van der Waals surface area (Å²) in [6.45, 7) is 3.52. The third-order valence-electron chi connectivity index (χ3n) is 2.71. The number of hydrogen-bond acceptors (Lipinski definition) is 4. The molecule has 2 aromatic carbocycles. The zero-order valence-electron chi connectivity index (χ0n) is 12.2. The van der Waals surface area contributed by atoms with E-state index in [1.807, 2.05) is 6.07 Å². The predicted octanol–water partition coefficient (Wildman–Crippen LogP) is 4.23. The molecular weight excluding hydrogens is 348 g/mol. The molecule has 0 bridgehead atoms. The number of benzene rings is 2. The van der Waals surface area contributed by atoms with Gasteiger partial charge in [-0.25, -0.2) is 9.59 Å². The molecule has 0 aromatic heterocycles. The van der Waals surface area contributed by atoms with Gasteiger partial charge in [-0.05, 0) is 44.2 Å². The Labute approximate surface area is 137 Å². The second kappa shape index (κ2) is 7.22. The SMILES string of the molecule is CC(C)OC(=O)c1ccccc1OC(=O)c1cccc(Br)c1. The first-order chi connectivity index (χ1) is 10.5. The van der Waals surface area contributed by atoms with Crippen molar-refractivity contribution >= 4 is 27.9 Å². The van der Waals surface area contributed by atoms with Crippen LogP contribution in [0.5, 0.6) is 5.75 Å². The number of ether oxygens (including phenoxy) is 2. The van der Waals surface area contributed by atoms with E-state index in [4.69, 9.17) is 9.47 Å². The molecule has 5 heteroatoms. The van der Waals surface area contributed by atoms with Crippen LogP contribution in [0.25, 0.3) is 0 Å². The summed E-state index contributed by atoms with van der Waals surface area (Å²) in [4.78, 5) is 24.2. The largest absolute Gasteiger partial charge is 0.459 e. The number of halogens is 1. The molecule has 0 saturated carbocycles. The van der Waals surface area contributed by atoms with Gasteiger partial charge in [-0.1, -0.05) is 34.1 Å². The molecule has 114 valence electrons. The van der Waals surface area contributed by atoms with Crippen LogP contribution in [0.15, 0.2) is 53.0 Å². The van der Waals surface area contributed by atoms with E-state index in [0.29, 0.717) is 5.56 Å². The summed E-state index contributed by atoms with van der Waals surface area (Å²) < 4.78 is 11.2. The summed E-state index contributed by atoms with van der Waals surface area (Å²) >= 11 is 3.30. The quantitative estimate of drug-likeness (QED) is 0.603. The number of rotatable bonds is 4. The summed E-state index contributed by atoms with van der Waals surface area (Å²) in [6.07, 6.45) is -0.249. The standard InChI is InChI=1S/C17H15BrO4/c1-11(2)21-17(20)14-8-3-4-9-15(14)22-16(19)12-6-5-7-13(18)10-12/h3-11H,1-2H3. The van der Waals surface area contributed by atoms with Gasteiger partial charge in [-0.2, -0.15) is 0 Å². The van der Waals surface area contributed by atoms with E-state index in [1.54, 1.807) is 56.3 Å². The minimum absolute atomic E-state index is 0.179. The van der Waals surface area contributed by atoms with Crippen LogP contribution in [0, 0.1) is 0 Å². The molecular formula is C17H15BrO4. The second-order valence-electron chi connectivity index (χ2n) is 4.85. The molecule has 0 aliphatic carbocycles. The number of para-hydroxylation sites is 1. The average Bonchev–Trinajstić information content (AvgIpc) is 2.47. The van der Waals surface area contributed by atoms with E-state index < -0.39 is 11.9 Å². The molecule has 22 heavy (non-hydrogen) atoms. The van der Waals surface area contributed by atoms with Crippen LogP contribution in [-0.4, -0.2) is 18.0 Å². The van der Waals surface area contributed by atoms with Gasteiger partial charge in [0.25, 0.3) is 0 Å². The molecule has 0 amide bonds. The summed E-state index contributed by atoms with van der Waals surface area (Å²) in [6, 6.07) is 13.3. The molecule has 0 radical (unpaired) electrons. The fraction of sp³-hybridized carbons (Fsp3) is 0.176. The first-order valence-electron chi connectivity index (χ1n) is 6.75. The third-order valence-corrected chi connectivity index (χ3v) is 3.21. The maximum atomic E-state index is 12.2. The van der Waals surface area contributed by atoms with Gasteiger partial charge >= 0.3 is 11.9 Å². The van der Waals surface area contributed by atoms with Crippen molar-refractivity contribution in [3.8, 4) is 5.75 Å². The van der Waals surface area contributed by atoms with Crippen LogP contribution in [-0.2, 0) is 4.74 Å². The lowest BCUT2D eigenvalue weighted by Crippen LogP contribution is -2.15. The topological polar surface area (TPSA) is 52.6 Å². The smallest absolute Gasteiger partial charge is 0.343 e. The van der Waals surface area contributed by atoms with Crippen LogP contribution >= 0.6 is 15.9 Å². The molecule has 0 aliphatic rings. The van der Waals surface area contributed by atoms with Crippen molar-refractivity contribution in [2.75, 3.05) is 0 Å². The van der Waals surface area contributed by atoms with Crippen LogP contribution in [0.4, 0.5) is 0 Å². The Kier molecular flexibility index (Phi) is 5.33. The lowest BCUT2D eigenvalue weighted by molar-refractivity contribution is 0.0374. The molecule has 0 aliphatic heterocycles. The van der Waals surface area contributed by atoms with E-state index in [-0.39, 0.29) is 17.4 Å². The molecule has 0 unspecified atom stereocenters. The first kappa shape index (κ1) is 16.2. The van der Waals surface area contributed by atoms with E-state index in [0.717, 1.165) is 4.47 Å². The highest BCUT2D eigenvalue weighted by Gasteiger charge is 2.18. The lowest BCUT2D eigenvalue weighted by Gasteiger charge is -2.11. The van der Waals surface area contributed by atoms with Crippen LogP contribution in [0.1, 0.15) is 34.6 Å². The highest BCUT2D eigenvalue weighted by molar-refractivity contribution is 9.10. The zero-order chi connectivity index (χ0) is 16.1. The average molecular weight is 363 g/mol. The lowest BCUT2D eigenvalue weighted by atomic mass is 10.2. The molecule has 0 saturated heterocycles. The molecule has 0 N–H and O–H groups in total. The maximum Gasteiger partial charge on any atom is 0.343 e. The Hall–Kier alpha value is -2.14. The third kappa shape index (κ3) is 4.18. The normalized spacial score (nSPS) is 10.4. The van der Waals surface area contributed by atoms with Crippen molar-refractivity contribution in [2.24, 2.45) is 0 Å². The van der Waals surface area contributed by atoms with Gasteiger partial charge in [0.15, 0.2) is 0 Å². The molecule has 2 rings (SSSR count). The maximum absolute atomic E-state index is 12.2. The van der Waals surface area contributed by atoms with E-state index in [1.165, 1.54) is 0 Å². The Morgan fingerprint density at radius 3 is 2.41 bits per heavy atom. The van der Waals surface area contributed by atoms with Crippen LogP contribution in [0.3, 0.4) is 0 Å². The van der Waals surface area contributed by atoms with E-state index in [9.17, 15) is 9.59 Å². The molecule has 0 fully saturated rings. The summed E-state index contributed by atoms with van der Waals surface area (Å²) in [5.41, 5.74) is 0.612. The van der Waals surface area contributed by atoms with Crippen molar-refractivity contribution in [3.05, 3.63) is 64.1 Å². The van der Waals surface area contributed by atoms with Crippen molar-refractivity contribution in [2.45, 2.75) is 20.0 Å². The van der Waals surface area contributed by atoms with Crippen molar-refractivity contribution in [1.82, 2.24) is 0 Å². The van der Waals surface area contributed by atoms with Crippen LogP contribution < -0.4 is 4.74 Å². The molecule has 4 nitrogen and oxygen atoms in total. The van der Waals surface area contributed by atoms with Gasteiger partial charge in [0, 0.05) is 4.47 Å². The van der Waals surface area contributed by atoms with Gasteiger partial charge in [0.2, 0.25) is 0 Å². The van der Waals surface area contributed by atoms with Gasteiger partial charge in [-0.15, -0.1) is 0 Å². The minimum Gasteiger partial charge on any atom is -0.459 e. The molecule has 0 atom stereocenters. The number of carbonyl (C=O) groups is 2. The Morgan fingerprint density at radius 1 is 1.00 bits per heavy atom. The number of esters is 2. The van der Waals surface area contributed by atoms with Gasteiger partial charge in [0.05, 0.1) is 11.7 Å². The summed E-state index contributed by atoms with van der Waals surface area (Å²) in [5.74, 6) is -0.878. The fourth-order valence-corrected chi connectivity index (χ4v) is 2.18. The highest BCUT2D eigenvalue weighted by Crippen LogP contribution is 2.21. The number of hydrogen-bond donors (Lipinski definition) is 0. The van der Waals surface area contributed by atoms with Gasteiger partial charge in [0.1, 0.15) is 11.3 Å². The van der Waals surface area contributed by atoms with Crippen molar-refractivity contribution in [1.29, 1.82) is 0 Å². The fourth-order valence-electron chi connectivity index (χ4n) is 1.78. The zero-order valence-corrected chi connectivity index (χ0v) is 13.8. The second-order valence-corrected chi connectivity index (χ2v) is 5.77. The Bertz CT molecular complexity index is 695. The summed E-state index contributed by atoms with van der Waals surface area (Å²) in [5, 5.41) is 0. The van der Waals surface area contributed by atoms with Gasteiger partial charge < -0.3 is 9.47 Å². The van der Waals surface area contributed by atoms with E-state index in [2.05, 4.69) is 15.9 Å². The molecule has 0 spiro atoms. The minimum atomic E-state index is -0.536. The predicted molar refractivity (Wildman–Crippen MR) is 86.1 cm³/mol.